The number of nitrogens with one attached hydrogen (secondary N) is 2. The number of rotatable bonds is 5. The lowest BCUT2D eigenvalue weighted by Gasteiger charge is -2.41. The second-order valence-electron chi connectivity index (χ2n) is 7.26. The molecule has 0 bridgehead atoms. The van der Waals surface area contributed by atoms with Gasteiger partial charge >= 0.3 is 0 Å². The first-order chi connectivity index (χ1) is 12.5. The van der Waals surface area contributed by atoms with Gasteiger partial charge in [-0.3, -0.25) is 4.79 Å². The quantitative estimate of drug-likeness (QED) is 0.766. The Labute approximate surface area is 168 Å². The van der Waals surface area contributed by atoms with Crippen LogP contribution in [-0.4, -0.2) is 56.6 Å². The molecule has 0 spiro atoms. The molecule has 8 heteroatoms. The number of halogens is 1. The zero-order chi connectivity index (χ0) is 18.6. The van der Waals surface area contributed by atoms with Gasteiger partial charge in [0.15, 0.2) is 0 Å². The summed E-state index contributed by atoms with van der Waals surface area (Å²) in [5.74, 6) is 0.136. The average Bonchev–Trinajstić information content (AvgIpc) is 2.69. The van der Waals surface area contributed by atoms with Gasteiger partial charge < -0.3 is 10.6 Å². The van der Waals surface area contributed by atoms with E-state index in [0.717, 1.165) is 31.5 Å². The molecule has 0 radical (unpaired) electrons. The van der Waals surface area contributed by atoms with Gasteiger partial charge in [-0.1, -0.05) is 30.3 Å². The molecule has 2 fully saturated rings. The normalized spacial score (nSPS) is 23.2. The Hall–Kier alpha value is -1.15. The van der Waals surface area contributed by atoms with Crippen LogP contribution in [0.5, 0.6) is 0 Å². The highest BCUT2D eigenvalue weighted by Gasteiger charge is 2.45. The largest absolute Gasteiger partial charge is 0.351 e. The molecule has 27 heavy (non-hydrogen) atoms. The van der Waals surface area contributed by atoms with Crippen LogP contribution in [0.4, 0.5) is 0 Å². The van der Waals surface area contributed by atoms with Gasteiger partial charge in [-0.05, 0) is 44.7 Å². The Bertz CT molecular complexity index is 713. The molecule has 2 N–H and O–H groups in total. The first-order valence-electron chi connectivity index (χ1n) is 9.53. The maximum absolute atomic E-state index is 13.3. The Morgan fingerprint density at radius 3 is 2.48 bits per heavy atom. The fourth-order valence-electron chi connectivity index (χ4n) is 4.03. The smallest absolute Gasteiger partial charge is 0.231 e. The van der Waals surface area contributed by atoms with E-state index in [-0.39, 0.29) is 30.1 Å². The fraction of sp³-hybridized carbons (Fsp3) is 0.632. The van der Waals surface area contributed by atoms with Gasteiger partial charge in [0.25, 0.3) is 0 Å². The number of benzene rings is 1. The average molecular weight is 416 g/mol. The summed E-state index contributed by atoms with van der Waals surface area (Å²) in [5, 5.41) is 6.55. The molecule has 2 aliphatic rings. The van der Waals surface area contributed by atoms with Gasteiger partial charge in [0.2, 0.25) is 15.9 Å². The lowest BCUT2D eigenvalue weighted by atomic mass is 9.72. The van der Waals surface area contributed by atoms with Crippen LogP contribution in [0.15, 0.2) is 30.3 Å². The van der Waals surface area contributed by atoms with Gasteiger partial charge in [0.1, 0.15) is 0 Å². The summed E-state index contributed by atoms with van der Waals surface area (Å²) in [5.41, 5.74) is 0.327. The third kappa shape index (κ3) is 4.83. The molecule has 152 valence electrons. The van der Waals surface area contributed by atoms with Crippen molar-refractivity contribution in [1.29, 1.82) is 0 Å². The first-order valence-corrected chi connectivity index (χ1v) is 11.1. The number of amides is 1. The molecule has 2 aliphatic heterocycles. The van der Waals surface area contributed by atoms with Crippen molar-refractivity contribution >= 4 is 28.3 Å². The van der Waals surface area contributed by atoms with Crippen LogP contribution in [0.25, 0.3) is 0 Å². The summed E-state index contributed by atoms with van der Waals surface area (Å²) in [6, 6.07) is 9.96. The number of sulfonamides is 1. The predicted octanol–water partition coefficient (Wildman–Crippen LogP) is 1.66. The molecule has 0 aliphatic carbocycles. The fourth-order valence-corrected chi connectivity index (χ4v) is 5.14. The number of carbonyl (C=O) groups is 1. The Morgan fingerprint density at radius 1 is 1.26 bits per heavy atom. The third-order valence-corrected chi connectivity index (χ3v) is 7.61. The van der Waals surface area contributed by atoms with Gasteiger partial charge in [-0.15, -0.1) is 12.4 Å². The molecule has 2 heterocycles. The van der Waals surface area contributed by atoms with Crippen molar-refractivity contribution in [3.05, 3.63) is 35.9 Å². The van der Waals surface area contributed by atoms with Crippen molar-refractivity contribution in [2.45, 2.75) is 44.1 Å². The standard InChI is InChI=1S/C19H29N3O3S.ClH/c1-2-26(24,25)22-13-10-19(11-14-22,16-7-4-3-5-8-16)18(23)21-17-9-6-12-20-15-17;/h3-5,7-8,17,20H,2,6,9-15H2,1H3,(H,21,23);1H/t17-;/m0./s1. The van der Waals surface area contributed by atoms with Gasteiger partial charge in [-0.25, -0.2) is 12.7 Å². The van der Waals surface area contributed by atoms with Gasteiger partial charge in [0, 0.05) is 25.7 Å². The molecule has 6 nitrogen and oxygen atoms in total. The van der Waals surface area contributed by atoms with E-state index < -0.39 is 15.4 Å². The monoisotopic (exact) mass is 415 g/mol. The van der Waals surface area contributed by atoms with E-state index >= 15 is 0 Å². The van der Waals surface area contributed by atoms with Crippen molar-refractivity contribution in [2.75, 3.05) is 31.9 Å². The van der Waals surface area contributed by atoms with E-state index in [1.807, 2.05) is 30.3 Å². The summed E-state index contributed by atoms with van der Waals surface area (Å²) in [6.07, 6.45) is 3.08. The summed E-state index contributed by atoms with van der Waals surface area (Å²) in [6.45, 7) is 4.24. The lowest BCUT2D eigenvalue weighted by Crippen LogP contribution is -2.56. The molecule has 3 rings (SSSR count). The maximum atomic E-state index is 13.3. The third-order valence-electron chi connectivity index (χ3n) is 5.73. The number of carbonyl (C=O) groups excluding carboxylic acids is 1. The minimum Gasteiger partial charge on any atom is -0.351 e. The highest BCUT2D eigenvalue weighted by molar-refractivity contribution is 7.89. The second-order valence-corrected chi connectivity index (χ2v) is 9.52. The molecule has 2 saturated heterocycles. The Kier molecular flexibility index (Phi) is 7.68. The summed E-state index contributed by atoms with van der Waals surface area (Å²) in [4.78, 5) is 13.3. The predicted molar refractivity (Wildman–Crippen MR) is 110 cm³/mol. The number of nitrogens with zero attached hydrogens (tertiary/aromatic N) is 1. The van der Waals surface area contributed by atoms with E-state index in [1.165, 1.54) is 4.31 Å². The summed E-state index contributed by atoms with van der Waals surface area (Å²) in [7, 11) is -3.21. The molecule has 1 amide bonds. The molecule has 1 aromatic rings. The SMILES string of the molecule is CCS(=O)(=O)N1CCC(C(=O)N[C@H]2CCCNC2)(c2ccccc2)CC1.Cl. The molecular formula is C19H30ClN3O3S. The van der Waals surface area contributed by atoms with E-state index in [9.17, 15) is 13.2 Å². The summed E-state index contributed by atoms with van der Waals surface area (Å²) >= 11 is 0. The van der Waals surface area contributed by atoms with Crippen LogP contribution in [0.1, 0.15) is 38.2 Å². The molecule has 1 atom stereocenters. The Morgan fingerprint density at radius 2 is 1.93 bits per heavy atom. The van der Waals surface area contributed by atoms with E-state index in [2.05, 4.69) is 10.6 Å². The molecular weight excluding hydrogens is 386 g/mol. The van der Waals surface area contributed by atoms with Gasteiger partial charge in [0.05, 0.1) is 11.2 Å². The van der Waals surface area contributed by atoms with Crippen molar-refractivity contribution in [2.24, 2.45) is 0 Å². The van der Waals surface area contributed by atoms with Crippen LogP contribution in [-0.2, 0) is 20.2 Å². The van der Waals surface area contributed by atoms with Crippen LogP contribution in [0.2, 0.25) is 0 Å². The highest BCUT2D eigenvalue weighted by Crippen LogP contribution is 2.37. The number of hydrogen-bond donors (Lipinski definition) is 2. The van der Waals surface area contributed by atoms with Crippen molar-refractivity contribution < 1.29 is 13.2 Å². The number of hydrogen-bond acceptors (Lipinski definition) is 4. The molecule has 0 aromatic heterocycles. The molecule has 0 saturated carbocycles. The van der Waals surface area contributed by atoms with Crippen LogP contribution >= 0.6 is 12.4 Å². The van der Waals surface area contributed by atoms with Crippen molar-refractivity contribution in [1.82, 2.24) is 14.9 Å². The second kappa shape index (κ2) is 9.37. The van der Waals surface area contributed by atoms with E-state index in [1.54, 1.807) is 6.92 Å². The minimum atomic E-state index is -3.21. The molecule has 1 aromatic carbocycles. The first kappa shape index (κ1) is 22.1. The van der Waals surface area contributed by atoms with Crippen LogP contribution in [0.3, 0.4) is 0 Å². The minimum absolute atomic E-state index is 0. The zero-order valence-corrected chi connectivity index (χ0v) is 17.4. The van der Waals surface area contributed by atoms with Gasteiger partial charge in [-0.2, -0.15) is 0 Å². The van der Waals surface area contributed by atoms with Crippen molar-refractivity contribution in [3.8, 4) is 0 Å². The maximum Gasteiger partial charge on any atom is 0.231 e. The summed E-state index contributed by atoms with van der Waals surface area (Å²) < 4.78 is 25.9. The van der Waals surface area contributed by atoms with Crippen LogP contribution < -0.4 is 10.6 Å². The lowest BCUT2D eigenvalue weighted by molar-refractivity contribution is -0.129. The topological polar surface area (TPSA) is 78.5 Å². The van der Waals surface area contributed by atoms with E-state index in [0.29, 0.717) is 25.9 Å². The zero-order valence-electron chi connectivity index (χ0n) is 15.8. The molecule has 0 unspecified atom stereocenters. The highest BCUT2D eigenvalue weighted by atomic mass is 35.5. The van der Waals surface area contributed by atoms with Crippen molar-refractivity contribution in [3.63, 3.8) is 0 Å². The van der Waals surface area contributed by atoms with E-state index in [4.69, 9.17) is 0 Å². The Balaban J connectivity index is 0.00000261. The number of piperidine rings is 2. The van der Waals surface area contributed by atoms with Crippen LogP contribution in [0, 0.1) is 0 Å².